The second-order valence-electron chi connectivity index (χ2n) is 6.77. The number of nitrogens with two attached hydrogens (primary N) is 1. The van der Waals surface area contributed by atoms with Crippen LogP contribution >= 0.6 is 11.3 Å². The summed E-state index contributed by atoms with van der Waals surface area (Å²) >= 11 is 1.70. The number of hydrogen-bond acceptors (Lipinski definition) is 4. The molecule has 21 heavy (non-hydrogen) atoms. The van der Waals surface area contributed by atoms with Crippen LogP contribution < -0.4 is 10.6 Å². The summed E-state index contributed by atoms with van der Waals surface area (Å²) in [5.41, 5.74) is 7.84. The van der Waals surface area contributed by atoms with E-state index in [9.17, 15) is 0 Å². The molecular formula is C16H26N4S. The van der Waals surface area contributed by atoms with Crippen molar-refractivity contribution in [3.8, 4) is 0 Å². The number of nitrogens with zero attached hydrogens (tertiary/aromatic N) is 3. The van der Waals surface area contributed by atoms with E-state index < -0.39 is 0 Å². The molecule has 3 rings (SSSR count). The van der Waals surface area contributed by atoms with Gasteiger partial charge in [0.15, 0.2) is 10.8 Å². The van der Waals surface area contributed by atoms with Crippen molar-refractivity contribution in [3.05, 3.63) is 17.3 Å². The largest absolute Gasteiger partial charge is 0.355 e. The highest BCUT2D eigenvalue weighted by atomic mass is 32.1. The van der Waals surface area contributed by atoms with Gasteiger partial charge in [0.25, 0.3) is 0 Å². The summed E-state index contributed by atoms with van der Waals surface area (Å²) in [7, 11) is 0. The van der Waals surface area contributed by atoms with Gasteiger partial charge in [0.2, 0.25) is 0 Å². The third-order valence-electron chi connectivity index (χ3n) is 4.98. The molecule has 116 valence electrons. The highest BCUT2D eigenvalue weighted by Crippen LogP contribution is 2.36. The van der Waals surface area contributed by atoms with Gasteiger partial charge >= 0.3 is 0 Å². The number of imidazole rings is 1. The van der Waals surface area contributed by atoms with Gasteiger partial charge in [0.05, 0.1) is 5.69 Å². The van der Waals surface area contributed by atoms with E-state index in [1.165, 1.54) is 25.0 Å². The molecule has 1 aliphatic heterocycles. The Morgan fingerprint density at radius 3 is 2.76 bits per heavy atom. The molecule has 1 unspecified atom stereocenters. The Morgan fingerprint density at radius 1 is 1.43 bits per heavy atom. The third kappa shape index (κ3) is 2.81. The molecule has 0 bridgehead atoms. The zero-order valence-corrected chi connectivity index (χ0v) is 14.1. The maximum Gasteiger partial charge on any atom is 0.195 e. The summed E-state index contributed by atoms with van der Waals surface area (Å²) in [5, 5.41) is 2.10. The number of aromatic nitrogens is 2. The molecule has 5 heteroatoms. The molecule has 1 atom stereocenters. The van der Waals surface area contributed by atoms with E-state index >= 15 is 0 Å². The van der Waals surface area contributed by atoms with E-state index in [0.29, 0.717) is 5.41 Å². The highest BCUT2D eigenvalue weighted by molar-refractivity contribution is 7.15. The van der Waals surface area contributed by atoms with Crippen molar-refractivity contribution in [3.63, 3.8) is 0 Å². The standard InChI is InChI=1S/C16H26N4S/c1-4-16(3)5-7-19(8-6-16)14-13(11-12(2)17)20-9-10-21-15(20)18-14/h9-10,12H,4-8,11,17H2,1-3H3. The normalized spacial score (nSPS) is 20.1. The van der Waals surface area contributed by atoms with Gasteiger partial charge < -0.3 is 10.6 Å². The van der Waals surface area contributed by atoms with Crippen LogP contribution in [0.1, 0.15) is 45.7 Å². The van der Waals surface area contributed by atoms with Crippen LogP contribution in [0.25, 0.3) is 4.96 Å². The molecule has 0 radical (unpaired) electrons. The van der Waals surface area contributed by atoms with Crippen LogP contribution in [0.4, 0.5) is 5.82 Å². The van der Waals surface area contributed by atoms with Crippen LogP contribution in [0.2, 0.25) is 0 Å². The van der Waals surface area contributed by atoms with Crippen LogP contribution in [0.5, 0.6) is 0 Å². The van der Waals surface area contributed by atoms with Gasteiger partial charge in [0.1, 0.15) is 0 Å². The number of anilines is 1. The molecule has 0 spiro atoms. The first-order valence-corrected chi connectivity index (χ1v) is 8.85. The van der Waals surface area contributed by atoms with E-state index in [-0.39, 0.29) is 6.04 Å². The monoisotopic (exact) mass is 306 g/mol. The fourth-order valence-corrected chi connectivity index (χ4v) is 3.91. The molecule has 1 aliphatic rings. The molecule has 1 fully saturated rings. The Balaban J connectivity index is 1.88. The van der Waals surface area contributed by atoms with Crippen LogP contribution in [-0.2, 0) is 6.42 Å². The van der Waals surface area contributed by atoms with Gasteiger partial charge in [-0.15, -0.1) is 11.3 Å². The first-order chi connectivity index (χ1) is 10.0. The van der Waals surface area contributed by atoms with Gasteiger partial charge in [-0.3, -0.25) is 4.40 Å². The predicted molar refractivity (Wildman–Crippen MR) is 90.3 cm³/mol. The van der Waals surface area contributed by atoms with E-state index in [0.717, 1.165) is 30.3 Å². The minimum absolute atomic E-state index is 0.161. The first kappa shape index (κ1) is 14.9. The van der Waals surface area contributed by atoms with Crippen molar-refractivity contribution in [1.82, 2.24) is 9.38 Å². The van der Waals surface area contributed by atoms with E-state index in [1.54, 1.807) is 11.3 Å². The quantitative estimate of drug-likeness (QED) is 0.942. The van der Waals surface area contributed by atoms with Gasteiger partial charge in [-0.25, -0.2) is 4.98 Å². The molecule has 2 aromatic rings. The van der Waals surface area contributed by atoms with Crippen LogP contribution in [0.3, 0.4) is 0 Å². The zero-order chi connectivity index (χ0) is 15.0. The lowest BCUT2D eigenvalue weighted by molar-refractivity contribution is 0.237. The highest BCUT2D eigenvalue weighted by Gasteiger charge is 2.30. The molecule has 0 aliphatic carbocycles. The zero-order valence-electron chi connectivity index (χ0n) is 13.3. The minimum atomic E-state index is 0.161. The van der Waals surface area contributed by atoms with Gasteiger partial charge in [-0.05, 0) is 25.2 Å². The molecule has 0 amide bonds. The molecule has 3 heterocycles. The van der Waals surface area contributed by atoms with Crippen molar-refractivity contribution >= 4 is 22.1 Å². The lowest BCUT2D eigenvalue weighted by Gasteiger charge is -2.39. The second kappa shape index (κ2) is 5.61. The lowest BCUT2D eigenvalue weighted by atomic mass is 9.78. The first-order valence-electron chi connectivity index (χ1n) is 7.97. The maximum absolute atomic E-state index is 6.05. The number of piperidine rings is 1. The smallest absolute Gasteiger partial charge is 0.195 e. The summed E-state index contributed by atoms with van der Waals surface area (Å²) in [6, 6.07) is 0.161. The van der Waals surface area contributed by atoms with Crippen molar-refractivity contribution in [2.75, 3.05) is 18.0 Å². The van der Waals surface area contributed by atoms with Crippen molar-refractivity contribution in [1.29, 1.82) is 0 Å². The van der Waals surface area contributed by atoms with E-state index in [2.05, 4.69) is 41.6 Å². The Hall–Kier alpha value is -1.07. The maximum atomic E-state index is 6.05. The summed E-state index contributed by atoms with van der Waals surface area (Å²) in [5.74, 6) is 1.16. The fraction of sp³-hybridized carbons (Fsp3) is 0.688. The van der Waals surface area contributed by atoms with Gasteiger partial charge in [-0.2, -0.15) is 0 Å². The average Bonchev–Trinajstić information content (AvgIpc) is 3.02. The van der Waals surface area contributed by atoms with Crippen molar-refractivity contribution < 1.29 is 0 Å². The van der Waals surface area contributed by atoms with Gasteiger partial charge in [-0.1, -0.05) is 20.3 Å². The Bertz CT molecular complexity index is 605. The number of fused-ring (bicyclic) bond motifs is 1. The summed E-state index contributed by atoms with van der Waals surface area (Å²) in [6.45, 7) is 9.02. The molecule has 2 N–H and O–H groups in total. The third-order valence-corrected chi connectivity index (χ3v) is 5.74. The number of rotatable bonds is 4. The van der Waals surface area contributed by atoms with Crippen molar-refractivity contribution in [2.24, 2.45) is 11.1 Å². The van der Waals surface area contributed by atoms with Crippen molar-refractivity contribution in [2.45, 2.75) is 52.5 Å². The average molecular weight is 306 g/mol. The molecule has 2 aromatic heterocycles. The molecule has 0 aromatic carbocycles. The van der Waals surface area contributed by atoms with E-state index in [4.69, 9.17) is 10.7 Å². The van der Waals surface area contributed by atoms with Crippen LogP contribution in [-0.4, -0.2) is 28.5 Å². The second-order valence-corrected chi connectivity index (χ2v) is 7.64. The summed E-state index contributed by atoms with van der Waals surface area (Å²) < 4.78 is 2.22. The van der Waals surface area contributed by atoms with Crippen LogP contribution in [0, 0.1) is 5.41 Å². The molecule has 0 saturated carbocycles. The van der Waals surface area contributed by atoms with Gasteiger partial charge in [0, 0.05) is 37.1 Å². The minimum Gasteiger partial charge on any atom is -0.355 e. The Kier molecular flexibility index (Phi) is 3.97. The number of hydrogen-bond donors (Lipinski definition) is 1. The van der Waals surface area contributed by atoms with Crippen LogP contribution in [0.15, 0.2) is 11.6 Å². The molecule has 1 saturated heterocycles. The summed E-state index contributed by atoms with van der Waals surface area (Å²) in [6.07, 6.45) is 6.79. The van der Waals surface area contributed by atoms with E-state index in [1.807, 2.05) is 0 Å². The SMILES string of the molecule is CCC1(C)CCN(c2nc3sccn3c2CC(C)N)CC1. The predicted octanol–water partition coefficient (Wildman–Crippen LogP) is 3.30. The molecule has 4 nitrogen and oxygen atoms in total. The molecular weight excluding hydrogens is 280 g/mol. The number of thiazole rings is 1. The summed E-state index contributed by atoms with van der Waals surface area (Å²) in [4.78, 5) is 8.43. The Labute approximate surface area is 131 Å². The lowest BCUT2D eigenvalue weighted by Crippen LogP contribution is -2.39. The Morgan fingerprint density at radius 2 is 2.14 bits per heavy atom. The fourth-order valence-electron chi connectivity index (χ4n) is 3.18. The topological polar surface area (TPSA) is 46.6 Å².